The molecule has 1 rings (SSSR count). The maximum atomic E-state index is 12.2. The van der Waals surface area contributed by atoms with Crippen molar-refractivity contribution in [3.63, 3.8) is 0 Å². The fourth-order valence-electron chi connectivity index (χ4n) is 0.835. The van der Waals surface area contributed by atoms with Gasteiger partial charge in [0.15, 0.2) is 0 Å². The van der Waals surface area contributed by atoms with Gasteiger partial charge in [-0.15, -0.1) is 0 Å². The molecule has 0 amide bonds. The van der Waals surface area contributed by atoms with E-state index in [9.17, 15) is 13.2 Å². The minimum atomic E-state index is -4.39. The van der Waals surface area contributed by atoms with E-state index in [1.165, 1.54) is 12.2 Å². The molecule has 0 aromatic carbocycles. The summed E-state index contributed by atoms with van der Waals surface area (Å²) < 4.78 is 36.5. The molecule has 0 aromatic heterocycles. The maximum absolute atomic E-state index is 12.2. The summed E-state index contributed by atoms with van der Waals surface area (Å²) in [7, 11) is 0. The highest BCUT2D eigenvalue weighted by molar-refractivity contribution is 6.31. The first-order valence-corrected chi connectivity index (χ1v) is 3.87. The van der Waals surface area contributed by atoms with Crippen LogP contribution in [0.1, 0.15) is 6.92 Å². The van der Waals surface area contributed by atoms with Crippen LogP contribution in [0.3, 0.4) is 0 Å². The number of alkyl halides is 3. The average Bonchev–Trinajstić information content (AvgIpc) is 2.09. The van der Waals surface area contributed by atoms with Crippen molar-refractivity contribution in [2.45, 2.75) is 13.1 Å². The topological polar surface area (TPSA) is 0 Å². The van der Waals surface area contributed by atoms with Gasteiger partial charge in [0.1, 0.15) is 0 Å². The Bertz CT molecular complexity index is 338. The number of rotatable bonds is 0. The average molecular weight is 207 g/mol. The second kappa shape index (κ2) is 3.44. The SMILES string of the molecule is CC1=CC(Cl)=C=C(C(F)(F)F)C=C1. The molecule has 0 fully saturated rings. The monoisotopic (exact) mass is 206 g/mol. The highest BCUT2D eigenvalue weighted by Gasteiger charge is 2.32. The van der Waals surface area contributed by atoms with E-state index in [0.29, 0.717) is 5.57 Å². The summed E-state index contributed by atoms with van der Waals surface area (Å²) in [4.78, 5) is 0. The van der Waals surface area contributed by atoms with Crippen LogP contribution in [0, 0.1) is 0 Å². The first-order valence-electron chi connectivity index (χ1n) is 3.49. The molecule has 0 spiro atoms. The number of hydrogen-bond donors (Lipinski definition) is 0. The van der Waals surface area contributed by atoms with Crippen molar-refractivity contribution in [2.24, 2.45) is 0 Å². The van der Waals surface area contributed by atoms with Crippen LogP contribution >= 0.6 is 11.6 Å². The van der Waals surface area contributed by atoms with E-state index in [2.05, 4.69) is 5.73 Å². The summed E-state index contributed by atoms with van der Waals surface area (Å²) in [6, 6.07) is 0. The molecule has 1 aliphatic rings. The number of allylic oxidation sites excluding steroid dienone is 5. The van der Waals surface area contributed by atoms with Gasteiger partial charge in [0, 0.05) is 0 Å². The zero-order chi connectivity index (χ0) is 10.1. The van der Waals surface area contributed by atoms with Crippen molar-refractivity contribution in [3.05, 3.63) is 40.1 Å². The molecule has 0 saturated heterocycles. The smallest absolute Gasteiger partial charge is 0.165 e. The Hall–Kier alpha value is -0.920. The zero-order valence-electron chi connectivity index (χ0n) is 6.74. The van der Waals surface area contributed by atoms with Crippen LogP contribution < -0.4 is 0 Å². The Morgan fingerprint density at radius 3 is 2.46 bits per heavy atom. The van der Waals surface area contributed by atoms with Crippen LogP contribution in [0.25, 0.3) is 0 Å². The third kappa shape index (κ3) is 2.79. The molecular weight excluding hydrogens is 201 g/mol. The quantitative estimate of drug-likeness (QED) is 0.530. The van der Waals surface area contributed by atoms with E-state index in [0.717, 1.165) is 6.08 Å². The molecule has 0 aromatic rings. The summed E-state index contributed by atoms with van der Waals surface area (Å²) >= 11 is 5.49. The molecule has 4 heteroatoms. The Morgan fingerprint density at radius 1 is 1.31 bits per heavy atom. The van der Waals surface area contributed by atoms with E-state index in [1.807, 2.05) is 0 Å². The van der Waals surface area contributed by atoms with Crippen LogP contribution in [-0.2, 0) is 0 Å². The van der Waals surface area contributed by atoms with Gasteiger partial charge in [0.25, 0.3) is 0 Å². The first kappa shape index (κ1) is 10.2. The molecule has 0 radical (unpaired) electrons. The Labute approximate surface area is 78.7 Å². The highest BCUT2D eigenvalue weighted by atomic mass is 35.5. The van der Waals surface area contributed by atoms with Crippen molar-refractivity contribution >= 4 is 11.6 Å². The summed E-state index contributed by atoms with van der Waals surface area (Å²) in [6.45, 7) is 1.67. The van der Waals surface area contributed by atoms with Crippen LogP contribution in [-0.4, -0.2) is 6.18 Å². The van der Waals surface area contributed by atoms with Gasteiger partial charge in [-0.05, 0) is 24.6 Å². The van der Waals surface area contributed by atoms with Gasteiger partial charge in [-0.2, -0.15) is 13.2 Å². The van der Waals surface area contributed by atoms with Crippen LogP contribution in [0.5, 0.6) is 0 Å². The van der Waals surface area contributed by atoms with Gasteiger partial charge in [-0.1, -0.05) is 23.4 Å². The fraction of sp³-hybridized carbons (Fsp3) is 0.222. The Kier molecular flexibility index (Phi) is 2.69. The summed E-state index contributed by atoms with van der Waals surface area (Å²) in [5, 5.41) is -0.0326. The summed E-state index contributed by atoms with van der Waals surface area (Å²) in [5.41, 5.74) is 1.87. The van der Waals surface area contributed by atoms with Crippen molar-refractivity contribution in [2.75, 3.05) is 0 Å². The molecule has 0 atom stereocenters. The zero-order valence-corrected chi connectivity index (χ0v) is 7.50. The van der Waals surface area contributed by atoms with Crippen molar-refractivity contribution in [1.82, 2.24) is 0 Å². The molecule has 70 valence electrons. The van der Waals surface area contributed by atoms with Crippen molar-refractivity contribution in [3.8, 4) is 0 Å². The molecular formula is C9H6ClF3. The predicted molar refractivity (Wildman–Crippen MR) is 45.3 cm³/mol. The molecule has 0 bridgehead atoms. The van der Waals surface area contributed by atoms with Gasteiger partial charge in [0.2, 0.25) is 0 Å². The molecule has 0 heterocycles. The molecule has 1 aliphatic carbocycles. The van der Waals surface area contributed by atoms with Gasteiger partial charge >= 0.3 is 6.18 Å². The van der Waals surface area contributed by atoms with Crippen molar-refractivity contribution in [1.29, 1.82) is 0 Å². The van der Waals surface area contributed by atoms with E-state index < -0.39 is 11.7 Å². The Balaban J connectivity index is 3.18. The van der Waals surface area contributed by atoms with Crippen LogP contribution in [0.4, 0.5) is 13.2 Å². The van der Waals surface area contributed by atoms with Gasteiger partial charge in [-0.25, -0.2) is 0 Å². The van der Waals surface area contributed by atoms with Crippen molar-refractivity contribution < 1.29 is 13.2 Å². The van der Waals surface area contributed by atoms with E-state index in [1.54, 1.807) is 6.92 Å². The first-order chi connectivity index (χ1) is 5.89. The van der Waals surface area contributed by atoms with E-state index in [-0.39, 0.29) is 5.03 Å². The number of halogens is 4. The maximum Gasteiger partial charge on any atom is 0.423 e. The molecule has 0 saturated carbocycles. The lowest BCUT2D eigenvalue weighted by molar-refractivity contribution is -0.0879. The lowest BCUT2D eigenvalue weighted by Gasteiger charge is -2.03. The van der Waals surface area contributed by atoms with Gasteiger partial charge in [0.05, 0.1) is 10.6 Å². The second-order valence-corrected chi connectivity index (χ2v) is 3.01. The van der Waals surface area contributed by atoms with Crippen LogP contribution in [0.15, 0.2) is 40.1 Å². The third-order valence-corrected chi connectivity index (χ3v) is 1.63. The Morgan fingerprint density at radius 2 is 1.92 bits per heavy atom. The normalized spacial score (nSPS) is 17.5. The van der Waals surface area contributed by atoms with Gasteiger partial charge in [-0.3, -0.25) is 0 Å². The molecule has 0 unspecified atom stereocenters. The lowest BCUT2D eigenvalue weighted by atomic mass is 10.2. The molecule has 0 nitrogen and oxygen atoms in total. The second-order valence-electron chi connectivity index (χ2n) is 2.61. The minimum absolute atomic E-state index is 0.0326. The third-order valence-electron chi connectivity index (χ3n) is 1.43. The van der Waals surface area contributed by atoms with Crippen LogP contribution in [0.2, 0.25) is 0 Å². The molecule has 13 heavy (non-hydrogen) atoms. The summed E-state index contributed by atoms with van der Waals surface area (Å²) in [6.07, 6.45) is -0.654. The number of hydrogen-bond acceptors (Lipinski definition) is 0. The largest absolute Gasteiger partial charge is 0.423 e. The fourth-order valence-corrected chi connectivity index (χ4v) is 1.11. The van der Waals surface area contributed by atoms with E-state index in [4.69, 9.17) is 11.6 Å². The summed E-state index contributed by atoms with van der Waals surface area (Å²) in [5.74, 6) is 0. The highest BCUT2D eigenvalue weighted by Crippen LogP contribution is 2.28. The molecule has 0 aliphatic heterocycles. The van der Waals surface area contributed by atoms with Gasteiger partial charge < -0.3 is 0 Å². The standard InChI is InChI=1S/C9H6ClF3/c1-6-2-3-7(9(11,12)13)5-8(10)4-6/h2-4H,1H3. The minimum Gasteiger partial charge on any atom is -0.165 e. The lowest BCUT2D eigenvalue weighted by Crippen LogP contribution is -2.08. The van der Waals surface area contributed by atoms with E-state index >= 15 is 0 Å². The molecule has 0 N–H and O–H groups in total. The predicted octanol–water partition coefficient (Wildman–Crippen LogP) is 3.71.